The standard InChI is InChI=1S/C20H19N7O3S/c28-10-20(11-30-12-20)9-27-7-15(17(26-27)14-3-1-2-4-21-14)24-18(29)16-8-31-19(25-16)13-5-22-23-6-13/h1-8,28H,9-12H2,(H,22,23)(H,24,29). The first-order valence-corrected chi connectivity index (χ1v) is 10.5. The topological polar surface area (TPSA) is 131 Å². The van der Waals surface area contributed by atoms with Crippen LogP contribution in [0.1, 0.15) is 10.5 Å². The lowest BCUT2D eigenvalue weighted by Gasteiger charge is -2.39. The fraction of sp³-hybridized carbons (Fsp3) is 0.250. The SMILES string of the molecule is O=C(Nc1cn(CC2(CO)COC2)nc1-c1ccccn1)c1csc(-c2cn[nH]c2)n1. The Morgan fingerprint density at radius 3 is 2.97 bits per heavy atom. The van der Waals surface area contributed by atoms with Crippen LogP contribution in [-0.2, 0) is 11.3 Å². The third-order valence-electron chi connectivity index (χ3n) is 5.05. The molecule has 1 amide bonds. The number of anilines is 1. The highest BCUT2D eigenvalue weighted by molar-refractivity contribution is 7.13. The molecule has 0 aliphatic carbocycles. The van der Waals surface area contributed by atoms with Gasteiger partial charge in [0.2, 0.25) is 0 Å². The van der Waals surface area contributed by atoms with Gasteiger partial charge in [0, 0.05) is 29.5 Å². The summed E-state index contributed by atoms with van der Waals surface area (Å²) in [6, 6.07) is 5.51. The van der Waals surface area contributed by atoms with E-state index in [9.17, 15) is 9.90 Å². The molecule has 0 radical (unpaired) electrons. The highest BCUT2D eigenvalue weighted by atomic mass is 32.1. The highest BCUT2D eigenvalue weighted by Gasteiger charge is 2.39. The van der Waals surface area contributed by atoms with Gasteiger partial charge in [-0.15, -0.1) is 11.3 Å². The van der Waals surface area contributed by atoms with Gasteiger partial charge in [-0.1, -0.05) is 6.07 Å². The molecule has 0 spiro atoms. The number of aliphatic hydroxyl groups excluding tert-OH is 1. The van der Waals surface area contributed by atoms with Crippen LogP contribution in [0.2, 0.25) is 0 Å². The maximum Gasteiger partial charge on any atom is 0.275 e. The zero-order chi connectivity index (χ0) is 21.3. The predicted octanol–water partition coefficient (Wildman–Crippen LogP) is 2.05. The fourth-order valence-electron chi connectivity index (χ4n) is 3.32. The normalized spacial score (nSPS) is 14.9. The van der Waals surface area contributed by atoms with E-state index < -0.39 is 0 Å². The van der Waals surface area contributed by atoms with Gasteiger partial charge in [0.15, 0.2) is 0 Å². The van der Waals surface area contributed by atoms with E-state index in [0.29, 0.717) is 47.5 Å². The van der Waals surface area contributed by atoms with Gasteiger partial charge >= 0.3 is 0 Å². The summed E-state index contributed by atoms with van der Waals surface area (Å²) in [5, 5.41) is 26.3. The number of thiazole rings is 1. The third-order valence-corrected chi connectivity index (χ3v) is 5.94. The quantitative estimate of drug-likeness (QED) is 0.403. The molecule has 0 atom stereocenters. The molecule has 11 heteroatoms. The lowest BCUT2D eigenvalue weighted by molar-refractivity contribution is -0.146. The summed E-state index contributed by atoms with van der Waals surface area (Å²) in [6.07, 6.45) is 6.81. The first-order valence-electron chi connectivity index (χ1n) is 9.59. The number of hydrogen-bond donors (Lipinski definition) is 3. The molecule has 1 aliphatic heterocycles. The molecule has 5 heterocycles. The maximum atomic E-state index is 12.9. The van der Waals surface area contributed by atoms with Gasteiger partial charge in [0.1, 0.15) is 16.4 Å². The monoisotopic (exact) mass is 437 g/mol. The number of pyridine rings is 1. The first-order chi connectivity index (χ1) is 15.2. The van der Waals surface area contributed by atoms with Gasteiger partial charge in [-0.2, -0.15) is 10.2 Å². The van der Waals surface area contributed by atoms with Crippen LogP contribution in [0.25, 0.3) is 22.0 Å². The number of nitrogens with one attached hydrogen (secondary N) is 2. The Morgan fingerprint density at radius 2 is 2.29 bits per heavy atom. The summed E-state index contributed by atoms with van der Waals surface area (Å²) in [5.41, 5.74) is 2.48. The molecule has 31 heavy (non-hydrogen) atoms. The number of rotatable bonds is 7. The van der Waals surface area contributed by atoms with Gasteiger partial charge < -0.3 is 15.2 Å². The number of aliphatic hydroxyl groups is 1. The summed E-state index contributed by atoms with van der Waals surface area (Å²) in [7, 11) is 0. The Morgan fingerprint density at radius 1 is 1.39 bits per heavy atom. The molecule has 0 aromatic carbocycles. The number of hydrogen-bond acceptors (Lipinski definition) is 8. The van der Waals surface area contributed by atoms with E-state index in [4.69, 9.17) is 4.74 Å². The number of H-pyrrole nitrogens is 1. The van der Waals surface area contributed by atoms with E-state index in [2.05, 4.69) is 30.6 Å². The molecule has 1 aliphatic rings. The average molecular weight is 437 g/mol. The zero-order valence-corrected chi connectivity index (χ0v) is 17.2. The van der Waals surface area contributed by atoms with Crippen molar-refractivity contribution in [2.75, 3.05) is 25.1 Å². The fourth-order valence-corrected chi connectivity index (χ4v) is 4.10. The Labute approximate surface area is 180 Å². The Bertz CT molecular complexity index is 1180. The van der Waals surface area contributed by atoms with Crippen molar-refractivity contribution in [3.05, 3.63) is 54.1 Å². The maximum absolute atomic E-state index is 12.9. The second kappa shape index (κ2) is 8.02. The van der Waals surface area contributed by atoms with Gasteiger partial charge in [-0.25, -0.2) is 4.98 Å². The van der Waals surface area contributed by atoms with Crippen LogP contribution in [0.3, 0.4) is 0 Å². The first kappa shape index (κ1) is 19.5. The van der Waals surface area contributed by atoms with Crippen LogP contribution in [0.5, 0.6) is 0 Å². The van der Waals surface area contributed by atoms with Crippen LogP contribution in [0, 0.1) is 5.41 Å². The van der Waals surface area contributed by atoms with Crippen molar-refractivity contribution in [3.63, 3.8) is 0 Å². The van der Waals surface area contributed by atoms with Crippen molar-refractivity contribution in [2.45, 2.75) is 6.54 Å². The molecular weight excluding hydrogens is 418 g/mol. The minimum Gasteiger partial charge on any atom is -0.396 e. The second-order valence-corrected chi connectivity index (χ2v) is 8.29. The highest BCUT2D eigenvalue weighted by Crippen LogP contribution is 2.32. The molecule has 5 rings (SSSR count). The minimum absolute atomic E-state index is 0.00306. The van der Waals surface area contributed by atoms with Crippen molar-refractivity contribution in [1.82, 2.24) is 29.9 Å². The predicted molar refractivity (Wildman–Crippen MR) is 113 cm³/mol. The number of amides is 1. The van der Waals surface area contributed by atoms with E-state index >= 15 is 0 Å². The number of aromatic amines is 1. The van der Waals surface area contributed by atoms with E-state index in [1.807, 2.05) is 18.2 Å². The van der Waals surface area contributed by atoms with Crippen molar-refractivity contribution in [3.8, 4) is 22.0 Å². The van der Waals surface area contributed by atoms with E-state index in [0.717, 1.165) is 5.56 Å². The van der Waals surface area contributed by atoms with Crippen LogP contribution >= 0.6 is 11.3 Å². The summed E-state index contributed by atoms with van der Waals surface area (Å²) in [4.78, 5) is 21.7. The van der Waals surface area contributed by atoms with Crippen molar-refractivity contribution in [2.24, 2.45) is 5.41 Å². The van der Waals surface area contributed by atoms with Crippen LogP contribution in [0.4, 0.5) is 5.69 Å². The number of aromatic nitrogens is 6. The molecule has 0 saturated carbocycles. The molecule has 0 bridgehead atoms. The number of carbonyl (C=O) groups is 1. The van der Waals surface area contributed by atoms with E-state index in [1.54, 1.807) is 34.8 Å². The molecule has 4 aromatic heterocycles. The number of ether oxygens (including phenoxy) is 1. The Hall–Kier alpha value is -3.41. The minimum atomic E-state index is -0.358. The van der Waals surface area contributed by atoms with Gasteiger partial charge in [-0.05, 0) is 12.1 Å². The summed E-state index contributed by atoms with van der Waals surface area (Å²) < 4.78 is 7.00. The van der Waals surface area contributed by atoms with E-state index in [1.165, 1.54) is 11.3 Å². The van der Waals surface area contributed by atoms with Crippen LogP contribution in [0.15, 0.2) is 48.4 Å². The average Bonchev–Trinajstić information content (AvgIpc) is 3.52. The molecule has 1 saturated heterocycles. The molecule has 10 nitrogen and oxygen atoms in total. The summed E-state index contributed by atoms with van der Waals surface area (Å²) >= 11 is 1.37. The van der Waals surface area contributed by atoms with Crippen molar-refractivity contribution in [1.29, 1.82) is 0 Å². The molecule has 1 fully saturated rings. The Balaban J connectivity index is 1.42. The molecule has 4 aromatic rings. The lowest BCUT2D eigenvalue weighted by atomic mass is 9.87. The van der Waals surface area contributed by atoms with Crippen molar-refractivity contribution >= 4 is 22.9 Å². The molecule has 3 N–H and O–H groups in total. The zero-order valence-electron chi connectivity index (χ0n) is 16.4. The van der Waals surface area contributed by atoms with Crippen molar-refractivity contribution < 1.29 is 14.6 Å². The lowest BCUT2D eigenvalue weighted by Crippen LogP contribution is -2.48. The van der Waals surface area contributed by atoms with Gasteiger partial charge in [-0.3, -0.25) is 19.6 Å². The van der Waals surface area contributed by atoms with Crippen LogP contribution < -0.4 is 5.32 Å². The Kier molecular flexibility index (Phi) is 5.06. The number of nitrogens with zero attached hydrogens (tertiary/aromatic N) is 5. The largest absolute Gasteiger partial charge is 0.396 e. The summed E-state index contributed by atoms with van der Waals surface area (Å²) in [6.45, 7) is 1.42. The number of carbonyl (C=O) groups excluding carboxylic acids is 1. The molecule has 158 valence electrons. The van der Waals surface area contributed by atoms with Crippen LogP contribution in [-0.4, -0.2) is 60.8 Å². The molecular formula is C20H19N7O3S. The second-order valence-electron chi connectivity index (χ2n) is 7.43. The van der Waals surface area contributed by atoms with E-state index in [-0.39, 0.29) is 17.9 Å². The summed E-state index contributed by atoms with van der Waals surface area (Å²) in [5.74, 6) is -0.341. The third kappa shape index (κ3) is 3.85. The smallest absolute Gasteiger partial charge is 0.275 e. The van der Waals surface area contributed by atoms with Gasteiger partial charge in [0.25, 0.3) is 5.91 Å². The van der Waals surface area contributed by atoms with Gasteiger partial charge in [0.05, 0.1) is 49.4 Å². The molecule has 0 unspecified atom stereocenters.